The molecule has 0 amide bonds. The summed E-state index contributed by atoms with van der Waals surface area (Å²) >= 11 is 5.57. The number of rotatable bonds is 6. The summed E-state index contributed by atoms with van der Waals surface area (Å²) in [5.74, 6) is -0.0599. The van der Waals surface area contributed by atoms with E-state index in [-0.39, 0.29) is 24.1 Å². The van der Waals surface area contributed by atoms with Gasteiger partial charge >= 0.3 is 5.69 Å². The minimum absolute atomic E-state index is 0.0599. The molecule has 0 radical (unpaired) electrons. The van der Waals surface area contributed by atoms with E-state index < -0.39 is 20.6 Å². The molecule has 1 aromatic heterocycles. The van der Waals surface area contributed by atoms with E-state index in [1.54, 1.807) is 0 Å². The lowest BCUT2D eigenvalue weighted by Crippen LogP contribution is -2.28. The molecule has 0 aliphatic carbocycles. The highest BCUT2D eigenvalue weighted by molar-refractivity contribution is 7.88. The van der Waals surface area contributed by atoms with Gasteiger partial charge in [-0.15, -0.1) is 0 Å². The molecule has 100 valence electrons. The second-order valence-electron chi connectivity index (χ2n) is 3.21. The number of sulfonamides is 1. The number of hydrogen-bond acceptors (Lipinski definition) is 7. The first-order valence-corrected chi connectivity index (χ1v) is 6.91. The zero-order valence-electron chi connectivity index (χ0n) is 9.25. The van der Waals surface area contributed by atoms with Gasteiger partial charge in [-0.2, -0.15) is 0 Å². The maximum absolute atomic E-state index is 10.8. The van der Waals surface area contributed by atoms with E-state index in [4.69, 9.17) is 11.6 Å². The summed E-state index contributed by atoms with van der Waals surface area (Å²) in [5.41, 5.74) is -0.446. The Morgan fingerprint density at radius 2 is 2.11 bits per heavy atom. The highest BCUT2D eigenvalue weighted by atomic mass is 35.5. The third kappa shape index (κ3) is 4.39. The van der Waals surface area contributed by atoms with Crippen molar-refractivity contribution in [1.82, 2.24) is 14.7 Å². The smallest absolute Gasteiger partial charge is 0.348 e. The van der Waals surface area contributed by atoms with E-state index in [2.05, 4.69) is 20.0 Å². The minimum atomic E-state index is -3.30. The van der Waals surface area contributed by atoms with Crippen LogP contribution in [-0.2, 0) is 10.0 Å². The number of nitrogens with one attached hydrogen (secondary N) is 2. The van der Waals surface area contributed by atoms with Crippen molar-refractivity contribution in [1.29, 1.82) is 0 Å². The molecule has 9 nitrogen and oxygen atoms in total. The Bertz CT molecular complexity index is 549. The molecule has 11 heteroatoms. The van der Waals surface area contributed by atoms with E-state index in [1.165, 1.54) is 0 Å². The van der Waals surface area contributed by atoms with E-state index in [9.17, 15) is 18.5 Å². The van der Waals surface area contributed by atoms with E-state index in [1.807, 2.05) is 0 Å². The van der Waals surface area contributed by atoms with Crippen LogP contribution in [0.1, 0.15) is 0 Å². The monoisotopic (exact) mass is 295 g/mol. The molecule has 0 bridgehead atoms. The van der Waals surface area contributed by atoms with Crippen LogP contribution in [0.2, 0.25) is 5.15 Å². The molecule has 0 spiro atoms. The lowest BCUT2D eigenvalue weighted by atomic mass is 10.4. The van der Waals surface area contributed by atoms with Gasteiger partial charge in [0.15, 0.2) is 0 Å². The Morgan fingerprint density at radius 3 is 2.67 bits per heavy atom. The Balaban J connectivity index is 2.68. The lowest BCUT2D eigenvalue weighted by molar-refractivity contribution is -0.384. The van der Waals surface area contributed by atoms with Crippen LogP contribution < -0.4 is 10.0 Å². The van der Waals surface area contributed by atoms with E-state index in [0.29, 0.717) is 0 Å². The highest BCUT2D eigenvalue weighted by Gasteiger charge is 2.20. The van der Waals surface area contributed by atoms with Crippen LogP contribution in [0.3, 0.4) is 0 Å². The van der Waals surface area contributed by atoms with Crippen LogP contribution in [0, 0.1) is 10.1 Å². The Morgan fingerprint density at radius 1 is 1.44 bits per heavy atom. The highest BCUT2D eigenvalue weighted by Crippen LogP contribution is 2.27. The van der Waals surface area contributed by atoms with Gasteiger partial charge in [-0.05, 0) is 0 Å². The van der Waals surface area contributed by atoms with Gasteiger partial charge in [-0.1, -0.05) is 11.6 Å². The van der Waals surface area contributed by atoms with Crippen molar-refractivity contribution in [3.63, 3.8) is 0 Å². The maximum Gasteiger partial charge on any atom is 0.348 e. The summed E-state index contributed by atoms with van der Waals surface area (Å²) in [5, 5.41) is 13.0. The number of anilines is 1. The molecule has 0 aliphatic heterocycles. The SMILES string of the molecule is CS(=O)(=O)NCCNc1ncnc(Cl)c1[N+](=O)[O-]. The molecular weight excluding hydrogens is 286 g/mol. The molecule has 2 N–H and O–H groups in total. The standard InChI is InChI=1S/C7H10ClN5O4S/c1-18(16,17)12-3-2-9-7-5(13(14)15)6(8)10-4-11-7/h4,12H,2-3H2,1H3,(H,9,10,11). The molecule has 0 aromatic carbocycles. The summed E-state index contributed by atoms with van der Waals surface area (Å²) in [4.78, 5) is 17.2. The fraction of sp³-hybridized carbons (Fsp3) is 0.429. The molecule has 1 rings (SSSR count). The molecule has 1 aromatic rings. The molecule has 18 heavy (non-hydrogen) atoms. The number of aromatic nitrogens is 2. The fourth-order valence-corrected chi connectivity index (χ4v) is 1.74. The molecule has 1 heterocycles. The Kier molecular flexibility index (Phi) is 4.76. The van der Waals surface area contributed by atoms with Gasteiger partial charge in [-0.3, -0.25) is 10.1 Å². The summed E-state index contributed by atoms with van der Waals surface area (Å²) in [6, 6.07) is 0. The van der Waals surface area contributed by atoms with Crippen molar-refractivity contribution in [3.05, 3.63) is 21.6 Å². The first-order chi connectivity index (χ1) is 8.31. The topological polar surface area (TPSA) is 127 Å². The van der Waals surface area contributed by atoms with Crippen molar-refractivity contribution >= 4 is 33.1 Å². The maximum atomic E-state index is 10.8. The van der Waals surface area contributed by atoms with Crippen LogP contribution in [-0.4, -0.2) is 42.7 Å². The van der Waals surface area contributed by atoms with Crippen molar-refractivity contribution < 1.29 is 13.3 Å². The normalized spacial score (nSPS) is 11.2. The Hall–Kier alpha value is -1.52. The largest absolute Gasteiger partial charge is 0.363 e. The predicted octanol–water partition coefficient (Wildman–Crippen LogP) is -0.000700. The van der Waals surface area contributed by atoms with Crippen LogP contribution in [0.5, 0.6) is 0 Å². The minimum Gasteiger partial charge on any atom is -0.363 e. The van der Waals surface area contributed by atoms with Gasteiger partial charge in [0.05, 0.1) is 11.2 Å². The van der Waals surface area contributed by atoms with E-state index in [0.717, 1.165) is 12.6 Å². The number of halogens is 1. The average molecular weight is 296 g/mol. The first kappa shape index (κ1) is 14.5. The number of hydrogen-bond donors (Lipinski definition) is 2. The van der Waals surface area contributed by atoms with Crippen molar-refractivity contribution in [3.8, 4) is 0 Å². The quantitative estimate of drug-likeness (QED) is 0.327. The number of nitro groups is 1. The lowest BCUT2D eigenvalue weighted by Gasteiger charge is -2.06. The summed E-state index contributed by atoms with van der Waals surface area (Å²) in [7, 11) is -3.30. The van der Waals surface area contributed by atoms with Gasteiger partial charge in [0.1, 0.15) is 6.33 Å². The molecule has 0 atom stereocenters. The third-order valence-corrected chi connectivity index (χ3v) is 2.75. The summed E-state index contributed by atoms with van der Waals surface area (Å²) in [6.07, 6.45) is 2.08. The second kappa shape index (κ2) is 5.89. The van der Waals surface area contributed by atoms with Crippen LogP contribution in [0.15, 0.2) is 6.33 Å². The summed E-state index contributed by atoms with van der Waals surface area (Å²) in [6.45, 7) is 0.193. The summed E-state index contributed by atoms with van der Waals surface area (Å²) < 4.78 is 23.8. The van der Waals surface area contributed by atoms with Gasteiger partial charge < -0.3 is 5.32 Å². The number of nitrogens with zero attached hydrogens (tertiary/aromatic N) is 3. The average Bonchev–Trinajstić information content (AvgIpc) is 2.22. The zero-order valence-corrected chi connectivity index (χ0v) is 10.8. The molecular formula is C7H10ClN5O4S. The van der Waals surface area contributed by atoms with Crippen molar-refractivity contribution in [2.75, 3.05) is 24.7 Å². The molecule has 0 aliphatic rings. The van der Waals surface area contributed by atoms with Crippen LogP contribution in [0.25, 0.3) is 0 Å². The molecule has 0 unspecified atom stereocenters. The van der Waals surface area contributed by atoms with Crippen molar-refractivity contribution in [2.45, 2.75) is 0 Å². The Labute approximate surface area is 108 Å². The van der Waals surface area contributed by atoms with Gasteiger partial charge in [0.2, 0.25) is 21.0 Å². The third-order valence-electron chi connectivity index (χ3n) is 1.74. The van der Waals surface area contributed by atoms with Crippen LogP contribution in [0.4, 0.5) is 11.5 Å². The van der Waals surface area contributed by atoms with Gasteiger partial charge in [0.25, 0.3) is 0 Å². The predicted molar refractivity (Wildman–Crippen MR) is 65.0 cm³/mol. The molecule has 0 saturated heterocycles. The second-order valence-corrected chi connectivity index (χ2v) is 5.40. The zero-order chi connectivity index (χ0) is 13.8. The van der Waals surface area contributed by atoms with Crippen molar-refractivity contribution in [2.24, 2.45) is 0 Å². The molecule has 0 saturated carbocycles. The van der Waals surface area contributed by atoms with Gasteiger partial charge in [0, 0.05) is 13.1 Å². The molecule has 0 fully saturated rings. The van der Waals surface area contributed by atoms with Gasteiger partial charge in [-0.25, -0.2) is 23.1 Å². The first-order valence-electron chi connectivity index (χ1n) is 4.64. The van der Waals surface area contributed by atoms with E-state index >= 15 is 0 Å². The van der Waals surface area contributed by atoms with Crippen LogP contribution >= 0.6 is 11.6 Å². The fourth-order valence-electron chi connectivity index (χ4n) is 1.07.